The number of anilines is 2. The number of aryl methyl sites for hydroxylation is 1. The van der Waals surface area contributed by atoms with Crippen LogP contribution < -0.4 is 15.4 Å². The standard InChI is InChI=1S/C18H21N3O4S/c1-13-8-9-15(11-16(13)21-26(2,24)25)20-18(23)12-19-17(22)10-14-6-4-3-5-7-14/h3-9,11,21H,10,12H2,1-2H3,(H,19,22)(H,20,23). The zero-order valence-electron chi connectivity index (χ0n) is 14.6. The summed E-state index contributed by atoms with van der Waals surface area (Å²) in [5, 5.41) is 5.18. The number of rotatable bonds is 7. The number of nitrogens with one attached hydrogen (secondary N) is 3. The van der Waals surface area contributed by atoms with Crippen LogP contribution in [-0.2, 0) is 26.0 Å². The Morgan fingerprint density at radius 3 is 2.35 bits per heavy atom. The van der Waals surface area contributed by atoms with Gasteiger partial charge in [0.05, 0.1) is 24.9 Å². The molecule has 26 heavy (non-hydrogen) atoms. The van der Waals surface area contributed by atoms with Crippen molar-refractivity contribution in [3.63, 3.8) is 0 Å². The second-order valence-electron chi connectivity index (χ2n) is 5.89. The first-order valence-corrected chi connectivity index (χ1v) is 9.81. The molecule has 0 bridgehead atoms. The van der Waals surface area contributed by atoms with Gasteiger partial charge >= 0.3 is 0 Å². The van der Waals surface area contributed by atoms with Crippen LogP contribution in [0.4, 0.5) is 11.4 Å². The summed E-state index contributed by atoms with van der Waals surface area (Å²) >= 11 is 0. The summed E-state index contributed by atoms with van der Waals surface area (Å²) in [6, 6.07) is 14.1. The number of hydrogen-bond acceptors (Lipinski definition) is 4. The molecule has 2 amide bonds. The van der Waals surface area contributed by atoms with E-state index in [1.807, 2.05) is 30.3 Å². The molecular weight excluding hydrogens is 354 g/mol. The van der Waals surface area contributed by atoms with Gasteiger partial charge in [-0.1, -0.05) is 36.4 Å². The molecule has 3 N–H and O–H groups in total. The molecule has 0 aliphatic heterocycles. The zero-order valence-corrected chi connectivity index (χ0v) is 15.4. The minimum Gasteiger partial charge on any atom is -0.347 e. The minimum absolute atomic E-state index is 0.172. The Balaban J connectivity index is 1.89. The quantitative estimate of drug-likeness (QED) is 0.684. The fraction of sp³-hybridized carbons (Fsp3) is 0.222. The van der Waals surface area contributed by atoms with Gasteiger partial charge in [0.2, 0.25) is 21.8 Å². The van der Waals surface area contributed by atoms with Crippen molar-refractivity contribution in [1.29, 1.82) is 0 Å². The SMILES string of the molecule is Cc1ccc(NC(=O)CNC(=O)Cc2ccccc2)cc1NS(C)(=O)=O. The van der Waals surface area contributed by atoms with Crippen LogP contribution in [0.15, 0.2) is 48.5 Å². The second-order valence-corrected chi connectivity index (χ2v) is 7.64. The number of sulfonamides is 1. The third kappa shape index (κ3) is 6.56. The van der Waals surface area contributed by atoms with E-state index in [-0.39, 0.29) is 18.9 Å². The van der Waals surface area contributed by atoms with Gasteiger partial charge in [-0.2, -0.15) is 0 Å². The molecule has 0 aliphatic carbocycles. The van der Waals surface area contributed by atoms with E-state index in [4.69, 9.17) is 0 Å². The molecule has 0 aromatic heterocycles. The number of carbonyl (C=O) groups is 2. The van der Waals surface area contributed by atoms with Gasteiger partial charge in [-0.05, 0) is 30.2 Å². The van der Waals surface area contributed by atoms with E-state index in [1.54, 1.807) is 19.1 Å². The van der Waals surface area contributed by atoms with Crippen LogP contribution in [0.1, 0.15) is 11.1 Å². The maximum Gasteiger partial charge on any atom is 0.243 e. The van der Waals surface area contributed by atoms with Crippen LogP contribution in [0.2, 0.25) is 0 Å². The third-order valence-corrected chi connectivity index (χ3v) is 4.06. The van der Waals surface area contributed by atoms with Gasteiger partial charge in [0, 0.05) is 5.69 Å². The average molecular weight is 375 g/mol. The highest BCUT2D eigenvalue weighted by atomic mass is 32.2. The summed E-state index contributed by atoms with van der Waals surface area (Å²) in [5.41, 5.74) is 2.41. The van der Waals surface area contributed by atoms with Crippen molar-refractivity contribution < 1.29 is 18.0 Å². The van der Waals surface area contributed by atoms with Crippen LogP contribution in [0.25, 0.3) is 0 Å². The lowest BCUT2D eigenvalue weighted by atomic mass is 10.1. The predicted molar refractivity (Wildman–Crippen MR) is 101 cm³/mol. The fourth-order valence-electron chi connectivity index (χ4n) is 2.24. The zero-order chi connectivity index (χ0) is 19.2. The van der Waals surface area contributed by atoms with Gasteiger partial charge in [-0.15, -0.1) is 0 Å². The Kier molecular flexibility index (Phi) is 6.35. The summed E-state index contributed by atoms with van der Waals surface area (Å²) in [4.78, 5) is 23.8. The number of benzene rings is 2. The van der Waals surface area contributed by atoms with Crippen LogP contribution >= 0.6 is 0 Å². The van der Waals surface area contributed by atoms with Crippen LogP contribution in [-0.4, -0.2) is 33.0 Å². The lowest BCUT2D eigenvalue weighted by Gasteiger charge is -2.11. The Bertz CT molecular complexity index is 896. The molecule has 8 heteroatoms. The predicted octanol–water partition coefficient (Wildman–Crippen LogP) is 1.66. The van der Waals surface area contributed by atoms with Crippen molar-refractivity contribution in [1.82, 2.24) is 5.32 Å². The van der Waals surface area contributed by atoms with Crippen molar-refractivity contribution in [2.75, 3.05) is 22.8 Å². The van der Waals surface area contributed by atoms with Crippen LogP contribution in [0.3, 0.4) is 0 Å². The Morgan fingerprint density at radius 1 is 1.00 bits per heavy atom. The van der Waals surface area contributed by atoms with Gasteiger partial charge in [-0.25, -0.2) is 8.42 Å². The van der Waals surface area contributed by atoms with Crippen molar-refractivity contribution in [3.8, 4) is 0 Å². The molecule has 0 radical (unpaired) electrons. The molecule has 0 fully saturated rings. The summed E-state index contributed by atoms with van der Waals surface area (Å²) in [6.45, 7) is 1.58. The topological polar surface area (TPSA) is 104 Å². The van der Waals surface area contributed by atoms with Gasteiger partial charge in [-0.3, -0.25) is 14.3 Å². The van der Waals surface area contributed by atoms with Crippen molar-refractivity contribution in [2.24, 2.45) is 0 Å². The largest absolute Gasteiger partial charge is 0.347 e. The first-order chi connectivity index (χ1) is 12.2. The molecule has 7 nitrogen and oxygen atoms in total. The highest BCUT2D eigenvalue weighted by Crippen LogP contribution is 2.21. The van der Waals surface area contributed by atoms with Crippen LogP contribution in [0, 0.1) is 6.92 Å². The number of hydrogen-bond donors (Lipinski definition) is 3. The molecule has 0 aliphatic rings. The summed E-state index contributed by atoms with van der Waals surface area (Å²) < 4.78 is 25.1. The van der Waals surface area contributed by atoms with Crippen molar-refractivity contribution in [2.45, 2.75) is 13.3 Å². The minimum atomic E-state index is -3.42. The molecule has 2 aromatic rings. The molecule has 0 spiro atoms. The molecular formula is C18H21N3O4S. The molecule has 138 valence electrons. The Labute approximate surface area is 152 Å². The molecule has 0 heterocycles. The summed E-state index contributed by atoms with van der Waals surface area (Å²) in [7, 11) is -3.42. The first-order valence-electron chi connectivity index (χ1n) is 7.92. The van der Waals surface area contributed by atoms with Gasteiger partial charge in [0.15, 0.2) is 0 Å². The monoisotopic (exact) mass is 375 g/mol. The first kappa shape index (κ1) is 19.5. The van der Waals surface area contributed by atoms with E-state index >= 15 is 0 Å². The van der Waals surface area contributed by atoms with Gasteiger partial charge < -0.3 is 10.6 Å². The van der Waals surface area contributed by atoms with E-state index in [9.17, 15) is 18.0 Å². The summed E-state index contributed by atoms with van der Waals surface area (Å²) in [5.74, 6) is -0.657. The third-order valence-electron chi connectivity index (χ3n) is 3.47. The molecule has 0 atom stereocenters. The molecule has 2 rings (SSSR count). The molecule has 0 unspecified atom stereocenters. The highest BCUT2D eigenvalue weighted by molar-refractivity contribution is 7.92. The maximum atomic E-state index is 12.0. The van der Waals surface area contributed by atoms with E-state index < -0.39 is 15.9 Å². The number of amides is 2. The molecule has 0 saturated heterocycles. The molecule has 0 saturated carbocycles. The average Bonchev–Trinajstić information content (AvgIpc) is 2.56. The normalized spacial score (nSPS) is 10.8. The lowest BCUT2D eigenvalue weighted by Crippen LogP contribution is -2.33. The molecule has 2 aromatic carbocycles. The van der Waals surface area contributed by atoms with Gasteiger partial charge in [0.25, 0.3) is 0 Å². The van der Waals surface area contributed by atoms with E-state index in [2.05, 4.69) is 15.4 Å². The highest BCUT2D eigenvalue weighted by Gasteiger charge is 2.09. The summed E-state index contributed by atoms with van der Waals surface area (Å²) in [6.07, 6.45) is 1.25. The lowest BCUT2D eigenvalue weighted by molar-refractivity contribution is -0.123. The van der Waals surface area contributed by atoms with E-state index in [0.29, 0.717) is 11.4 Å². The maximum absolute atomic E-state index is 12.0. The smallest absolute Gasteiger partial charge is 0.243 e. The Morgan fingerprint density at radius 2 is 1.69 bits per heavy atom. The van der Waals surface area contributed by atoms with Gasteiger partial charge in [0.1, 0.15) is 0 Å². The van der Waals surface area contributed by atoms with Crippen molar-refractivity contribution in [3.05, 3.63) is 59.7 Å². The fourth-order valence-corrected chi connectivity index (χ4v) is 2.86. The van der Waals surface area contributed by atoms with Crippen LogP contribution in [0.5, 0.6) is 0 Å². The van der Waals surface area contributed by atoms with E-state index in [1.165, 1.54) is 6.07 Å². The second kappa shape index (κ2) is 8.48. The Hall–Kier alpha value is -2.87. The van der Waals surface area contributed by atoms with Crippen molar-refractivity contribution >= 4 is 33.2 Å². The number of carbonyl (C=O) groups excluding carboxylic acids is 2. The van der Waals surface area contributed by atoms with E-state index in [0.717, 1.165) is 17.4 Å².